The summed E-state index contributed by atoms with van der Waals surface area (Å²) in [4.78, 5) is 5.20. The number of nitrogens with zero attached hydrogens (tertiary/aromatic N) is 2. The summed E-state index contributed by atoms with van der Waals surface area (Å²) in [7, 11) is 0. The zero-order valence-electron chi connectivity index (χ0n) is 21.6. The maximum Gasteiger partial charge on any atom is 0.127 e. The quantitative estimate of drug-likeness (QED) is 0.511. The largest absolute Gasteiger partial charge is 0.507 e. The molecule has 4 nitrogen and oxygen atoms in total. The summed E-state index contributed by atoms with van der Waals surface area (Å²) >= 11 is 0. The minimum absolute atomic E-state index is 0.214. The molecule has 0 spiro atoms. The van der Waals surface area contributed by atoms with Crippen LogP contribution in [0.2, 0.25) is 0 Å². The second-order valence-corrected chi connectivity index (χ2v) is 10.6. The van der Waals surface area contributed by atoms with E-state index in [1.165, 1.54) is 16.7 Å². The molecular weight excluding hydrogens is 432 g/mol. The molecule has 0 aromatic heterocycles. The fourth-order valence-corrected chi connectivity index (χ4v) is 5.94. The van der Waals surface area contributed by atoms with Crippen LogP contribution in [0.25, 0.3) is 0 Å². The average Bonchev–Trinajstić information content (AvgIpc) is 2.88. The number of hydrogen-bond donors (Lipinski definition) is 1. The molecule has 2 aliphatic rings. The van der Waals surface area contributed by atoms with E-state index >= 15 is 0 Å². The number of piperazine rings is 1. The van der Waals surface area contributed by atoms with Crippen molar-refractivity contribution in [1.82, 2.24) is 9.80 Å². The Morgan fingerprint density at radius 1 is 0.829 bits per heavy atom. The Kier molecular flexibility index (Phi) is 6.61. The first-order chi connectivity index (χ1) is 16.9. The Morgan fingerprint density at radius 2 is 1.40 bits per heavy atom. The van der Waals surface area contributed by atoms with Crippen LogP contribution in [-0.4, -0.2) is 53.2 Å². The van der Waals surface area contributed by atoms with Crippen molar-refractivity contribution in [3.05, 3.63) is 94.0 Å². The van der Waals surface area contributed by atoms with E-state index in [2.05, 4.69) is 84.3 Å². The molecule has 1 unspecified atom stereocenters. The Bertz CT molecular complexity index is 1130. The van der Waals surface area contributed by atoms with E-state index in [1.54, 1.807) is 0 Å². The Labute approximate surface area is 210 Å². The number of fused-ring (bicyclic) bond motifs is 1. The predicted octanol–water partition coefficient (Wildman–Crippen LogP) is 5.81. The van der Waals surface area contributed by atoms with Gasteiger partial charge in [-0.25, -0.2) is 0 Å². The molecule has 4 heteroatoms. The van der Waals surface area contributed by atoms with Gasteiger partial charge in [0.05, 0.1) is 6.04 Å². The van der Waals surface area contributed by atoms with Crippen LogP contribution in [-0.2, 0) is 6.42 Å². The van der Waals surface area contributed by atoms with Crippen LogP contribution in [0.4, 0.5) is 0 Å². The van der Waals surface area contributed by atoms with Crippen LogP contribution < -0.4 is 4.74 Å². The fourth-order valence-electron chi connectivity index (χ4n) is 5.94. The van der Waals surface area contributed by atoms with Gasteiger partial charge >= 0.3 is 0 Å². The summed E-state index contributed by atoms with van der Waals surface area (Å²) in [5.74, 6) is 1.43. The molecule has 1 atom stereocenters. The van der Waals surface area contributed by atoms with Crippen molar-refractivity contribution < 1.29 is 9.84 Å². The van der Waals surface area contributed by atoms with Gasteiger partial charge in [0.15, 0.2) is 0 Å². The summed E-state index contributed by atoms with van der Waals surface area (Å²) in [6.45, 7) is 13.4. The van der Waals surface area contributed by atoms with E-state index in [9.17, 15) is 5.11 Å². The van der Waals surface area contributed by atoms with Crippen molar-refractivity contribution in [1.29, 1.82) is 0 Å². The van der Waals surface area contributed by atoms with E-state index in [-0.39, 0.29) is 11.6 Å². The van der Waals surface area contributed by atoms with Crippen molar-refractivity contribution in [2.24, 2.45) is 0 Å². The number of rotatable bonds is 5. The molecule has 0 radical (unpaired) electrons. The lowest BCUT2D eigenvalue weighted by Crippen LogP contribution is -2.54. The zero-order valence-corrected chi connectivity index (χ0v) is 21.6. The number of phenols is 1. The zero-order chi connectivity index (χ0) is 24.6. The number of aromatic hydroxyl groups is 1. The molecule has 3 aromatic carbocycles. The molecule has 0 bridgehead atoms. The molecule has 0 amide bonds. The highest BCUT2D eigenvalue weighted by Crippen LogP contribution is 2.43. The molecule has 35 heavy (non-hydrogen) atoms. The molecule has 1 fully saturated rings. The van der Waals surface area contributed by atoms with Crippen molar-refractivity contribution in [3.63, 3.8) is 0 Å². The molecule has 1 saturated heterocycles. The standard InChI is InChI=1S/C31H38N2O2/c1-22-23(2)30-27(24(3)29(22)34)15-16-31(4,35-30)21-32-17-19-33(20-18-32)28(25-11-7-5-8-12-25)26-13-9-6-10-14-26/h5-14,28,34H,15-21H2,1-4H3. The average molecular weight is 471 g/mol. The third kappa shape index (κ3) is 4.70. The van der Waals surface area contributed by atoms with Crippen molar-refractivity contribution in [2.75, 3.05) is 32.7 Å². The molecule has 3 aromatic rings. The van der Waals surface area contributed by atoms with Gasteiger partial charge in [0.1, 0.15) is 17.1 Å². The molecule has 184 valence electrons. The first-order valence-corrected chi connectivity index (χ1v) is 12.9. The van der Waals surface area contributed by atoms with E-state index < -0.39 is 0 Å². The lowest BCUT2D eigenvalue weighted by molar-refractivity contribution is 0.00479. The van der Waals surface area contributed by atoms with E-state index in [0.29, 0.717) is 5.75 Å². The Balaban J connectivity index is 1.29. The number of hydrogen-bond acceptors (Lipinski definition) is 4. The molecule has 1 N–H and O–H groups in total. The van der Waals surface area contributed by atoms with Crippen LogP contribution in [0.5, 0.6) is 11.5 Å². The van der Waals surface area contributed by atoms with Crippen LogP contribution >= 0.6 is 0 Å². The van der Waals surface area contributed by atoms with Crippen LogP contribution in [0.15, 0.2) is 60.7 Å². The summed E-state index contributed by atoms with van der Waals surface area (Å²) < 4.78 is 6.72. The van der Waals surface area contributed by atoms with Crippen LogP contribution in [0.3, 0.4) is 0 Å². The Morgan fingerprint density at radius 3 is 1.97 bits per heavy atom. The maximum atomic E-state index is 10.5. The predicted molar refractivity (Wildman–Crippen MR) is 142 cm³/mol. The van der Waals surface area contributed by atoms with E-state index in [1.807, 2.05) is 13.8 Å². The monoisotopic (exact) mass is 470 g/mol. The SMILES string of the molecule is Cc1c(C)c2c(c(C)c1O)CCC(C)(CN1CCN(C(c3ccccc3)c3ccccc3)CC1)O2. The third-order valence-corrected chi connectivity index (χ3v) is 8.15. The molecule has 0 saturated carbocycles. The molecular formula is C31H38N2O2. The first-order valence-electron chi connectivity index (χ1n) is 12.9. The van der Waals surface area contributed by atoms with Gasteiger partial charge < -0.3 is 9.84 Å². The van der Waals surface area contributed by atoms with Gasteiger partial charge in [-0.3, -0.25) is 9.80 Å². The Hall–Kier alpha value is -2.82. The minimum Gasteiger partial charge on any atom is -0.507 e. The van der Waals surface area contributed by atoms with E-state index in [0.717, 1.165) is 68.0 Å². The van der Waals surface area contributed by atoms with Crippen molar-refractivity contribution in [2.45, 2.75) is 52.2 Å². The van der Waals surface area contributed by atoms with Gasteiger partial charge in [-0.2, -0.15) is 0 Å². The number of ether oxygens (including phenoxy) is 1. The topological polar surface area (TPSA) is 35.9 Å². The number of phenolic OH excluding ortho intramolecular Hbond substituents is 1. The summed E-state index contributed by atoms with van der Waals surface area (Å²) in [6.07, 6.45) is 1.93. The summed E-state index contributed by atoms with van der Waals surface area (Å²) in [5.41, 5.74) is 6.67. The smallest absolute Gasteiger partial charge is 0.127 e. The van der Waals surface area contributed by atoms with Gasteiger partial charge in [0.2, 0.25) is 0 Å². The van der Waals surface area contributed by atoms with Crippen LogP contribution in [0, 0.1) is 20.8 Å². The van der Waals surface area contributed by atoms with Gasteiger partial charge in [-0.15, -0.1) is 0 Å². The molecule has 0 aliphatic carbocycles. The van der Waals surface area contributed by atoms with Gasteiger partial charge in [-0.1, -0.05) is 60.7 Å². The van der Waals surface area contributed by atoms with Crippen molar-refractivity contribution in [3.8, 4) is 11.5 Å². The van der Waals surface area contributed by atoms with Gasteiger partial charge in [0, 0.05) is 38.3 Å². The van der Waals surface area contributed by atoms with Crippen LogP contribution in [0.1, 0.15) is 52.8 Å². The lowest BCUT2D eigenvalue weighted by atomic mass is 9.86. The third-order valence-electron chi connectivity index (χ3n) is 8.15. The summed E-state index contributed by atoms with van der Waals surface area (Å²) in [6, 6.07) is 22.1. The summed E-state index contributed by atoms with van der Waals surface area (Å²) in [5, 5.41) is 10.5. The fraction of sp³-hybridized carbons (Fsp3) is 0.419. The van der Waals surface area contributed by atoms with Gasteiger partial charge in [0.25, 0.3) is 0 Å². The highest BCUT2D eigenvalue weighted by Gasteiger charge is 2.37. The molecule has 2 aliphatic heterocycles. The molecule has 2 heterocycles. The molecule has 5 rings (SSSR count). The maximum absolute atomic E-state index is 10.5. The highest BCUT2D eigenvalue weighted by atomic mass is 16.5. The second kappa shape index (κ2) is 9.67. The highest BCUT2D eigenvalue weighted by molar-refractivity contribution is 5.58. The lowest BCUT2D eigenvalue weighted by Gasteiger charge is -2.44. The first kappa shape index (κ1) is 23.9. The normalized spacial score (nSPS) is 21.1. The number of benzene rings is 3. The second-order valence-electron chi connectivity index (χ2n) is 10.6. The van der Waals surface area contributed by atoms with Gasteiger partial charge in [-0.05, 0) is 68.4 Å². The minimum atomic E-state index is -0.214. The van der Waals surface area contributed by atoms with E-state index in [4.69, 9.17) is 4.74 Å². The van der Waals surface area contributed by atoms with Crippen molar-refractivity contribution >= 4 is 0 Å².